The standard InChI is InChI=1S/C26H29N5O2/c1-26(2)14-29-24(32)19-7-4-15(9-22(19)26)21-11-28-23-20(21)8-16(10-27-23)25(33)31-17-5-6-18(31)13-30(3)12-17/h4,7-11,17-18H,5-6,12-14H2,1-3H3,(H,27,28)(H,29,32). The van der Waals surface area contributed by atoms with Crippen molar-refractivity contribution in [3.8, 4) is 11.1 Å². The predicted molar refractivity (Wildman–Crippen MR) is 127 cm³/mol. The molecule has 2 N–H and O–H groups in total. The zero-order valence-corrected chi connectivity index (χ0v) is 19.3. The number of likely N-dealkylation sites (tertiary alicyclic amines) is 1. The number of hydrogen-bond acceptors (Lipinski definition) is 4. The summed E-state index contributed by atoms with van der Waals surface area (Å²) < 4.78 is 0. The molecule has 7 heteroatoms. The van der Waals surface area contributed by atoms with Gasteiger partial charge in [-0.2, -0.15) is 0 Å². The quantitative estimate of drug-likeness (QED) is 0.638. The van der Waals surface area contributed by atoms with Crippen LogP contribution in [0.1, 0.15) is 53.0 Å². The van der Waals surface area contributed by atoms with Gasteiger partial charge < -0.3 is 20.1 Å². The van der Waals surface area contributed by atoms with E-state index in [0.29, 0.717) is 12.1 Å². The van der Waals surface area contributed by atoms with E-state index in [9.17, 15) is 9.59 Å². The van der Waals surface area contributed by atoms with Crippen molar-refractivity contribution in [1.29, 1.82) is 0 Å². The summed E-state index contributed by atoms with van der Waals surface area (Å²) in [6, 6.07) is 8.56. The molecule has 2 amide bonds. The third kappa shape index (κ3) is 3.17. The molecule has 0 aliphatic carbocycles. The molecule has 0 saturated carbocycles. The molecule has 5 heterocycles. The Morgan fingerprint density at radius 3 is 2.64 bits per heavy atom. The molecule has 3 aliphatic heterocycles. The molecule has 0 spiro atoms. The highest BCUT2D eigenvalue weighted by Crippen LogP contribution is 2.36. The van der Waals surface area contributed by atoms with Gasteiger partial charge >= 0.3 is 0 Å². The molecule has 33 heavy (non-hydrogen) atoms. The zero-order valence-electron chi connectivity index (χ0n) is 19.3. The summed E-state index contributed by atoms with van der Waals surface area (Å²) in [5.41, 5.74) is 5.06. The van der Waals surface area contributed by atoms with Gasteiger partial charge in [-0.05, 0) is 49.2 Å². The van der Waals surface area contributed by atoms with Crippen LogP contribution in [-0.2, 0) is 5.41 Å². The average Bonchev–Trinajstić information content (AvgIpc) is 3.34. The largest absolute Gasteiger partial charge is 0.351 e. The van der Waals surface area contributed by atoms with Crippen molar-refractivity contribution in [3.05, 3.63) is 53.3 Å². The van der Waals surface area contributed by atoms with Crippen LogP contribution in [0, 0.1) is 0 Å². The maximum atomic E-state index is 13.5. The third-order valence-electron chi connectivity index (χ3n) is 7.67. The maximum Gasteiger partial charge on any atom is 0.256 e. The van der Waals surface area contributed by atoms with Crippen LogP contribution in [0.25, 0.3) is 22.2 Å². The van der Waals surface area contributed by atoms with E-state index < -0.39 is 0 Å². The molecule has 6 rings (SSSR count). The summed E-state index contributed by atoms with van der Waals surface area (Å²) in [6.07, 6.45) is 5.79. The first kappa shape index (κ1) is 20.4. The number of amides is 2. The normalized spacial score (nSPS) is 24.1. The first-order chi connectivity index (χ1) is 15.8. The Hall–Kier alpha value is -3.19. The van der Waals surface area contributed by atoms with Crippen molar-refractivity contribution >= 4 is 22.8 Å². The second-order valence-electron chi connectivity index (χ2n) is 10.5. The number of nitrogens with zero attached hydrogens (tertiary/aromatic N) is 3. The Kier molecular flexibility index (Phi) is 4.43. The van der Waals surface area contributed by atoms with E-state index in [1.165, 1.54) is 0 Å². The first-order valence-corrected chi connectivity index (χ1v) is 11.7. The Morgan fingerprint density at radius 2 is 1.88 bits per heavy atom. The van der Waals surface area contributed by atoms with E-state index in [0.717, 1.165) is 59.2 Å². The first-order valence-electron chi connectivity index (χ1n) is 11.7. The Labute approximate surface area is 193 Å². The molecule has 3 aliphatic rings. The molecule has 2 atom stereocenters. The van der Waals surface area contributed by atoms with Gasteiger partial charge in [0.2, 0.25) is 0 Å². The fraction of sp³-hybridized carbons (Fsp3) is 0.423. The van der Waals surface area contributed by atoms with E-state index in [2.05, 4.69) is 52.0 Å². The Bertz CT molecular complexity index is 1280. The summed E-state index contributed by atoms with van der Waals surface area (Å²) in [5.74, 6) is 0.0616. The van der Waals surface area contributed by atoms with Gasteiger partial charge in [-0.15, -0.1) is 0 Å². The summed E-state index contributed by atoms with van der Waals surface area (Å²) in [4.78, 5) is 38.1. The molecule has 1 aromatic carbocycles. The monoisotopic (exact) mass is 443 g/mol. The topological polar surface area (TPSA) is 81.3 Å². The van der Waals surface area contributed by atoms with Crippen LogP contribution in [0.15, 0.2) is 36.7 Å². The number of carbonyl (C=O) groups excluding carboxylic acids is 2. The van der Waals surface area contributed by atoms with Gasteiger partial charge in [0, 0.05) is 66.0 Å². The Morgan fingerprint density at radius 1 is 1.12 bits per heavy atom. The molecule has 170 valence electrons. The van der Waals surface area contributed by atoms with Gasteiger partial charge in [0.15, 0.2) is 0 Å². The molecular formula is C26H29N5O2. The number of likely N-dealkylation sites (N-methyl/N-ethyl adjacent to an activating group) is 1. The second kappa shape index (κ2) is 7.15. The van der Waals surface area contributed by atoms with Crippen LogP contribution in [-0.4, -0.2) is 70.3 Å². The van der Waals surface area contributed by atoms with Crippen molar-refractivity contribution < 1.29 is 9.59 Å². The highest BCUT2D eigenvalue weighted by atomic mass is 16.2. The number of hydrogen-bond donors (Lipinski definition) is 2. The number of pyridine rings is 1. The van der Waals surface area contributed by atoms with Crippen LogP contribution >= 0.6 is 0 Å². The van der Waals surface area contributed by atoms with Gasteiger partial charge in [0.25, 0.3) is 11.8 Å². The van der Waals surface area contributed by atoms with Crippen molar-refractivity contribution in [3.63, 3.8) is 0 Å². The molecule has 2 fully saturated rings. The highest BCUT2D eigenvalue weighted by molar-refractivity contribution is 6.02. The molecule has 2 unspecified atom stereocenters. The van der Waals surface area contributed by atoms with Crippen LogP contribution in [0.4, 0.5) is 0 Å². The van der Waals surface area contributed by atoms with Crippen LogP contribution in [0.2, 0.25) is 0 Å². The molecule has 2 aromatic heterocycles. The minimum Gasteiger partial charge on any atom is -0.351 e. The van der Waals surface area contributed by atoms with Gasteiger partial charge in [0.05, 0.1) is 5.56 Å². The highest BCUT2D eigenvalue weighted by Gasteiger charge is 2.42. The average molecular weight is 444 g/mol. The van der Waals surface area contributed by atoms with Gasteiger partial charge in [-0.25, -0.2) is 4.98 Å². The lowest BCUT2D eigenvalue weighted by molar-refractivity contribution is 0.0472. The lowest BCUT2D eigenvalue weighted by Crippen LogP contribution is -2.54. The smallest absolute Gasteiger partial charge is 0.256 e. The van der Waals surface area contributed by atoms with E-state index in [4.69, 9.17) is 0 Å². The van der Waals surface area contributed by atoms with E-state index in [-0.39, 0.29) is 29.3 Å². The maximum absolute atomic E-state index is 13.5. The summed E-state index contributed by atoms with van der Waals surface area (Å²) in [5, 5.41) is 3.91. The minimum absolute atomic E-state index is 0.0221. The molecule has 2 bridgehead atoms. The van der Waals surface area contributed by atoms with Crippen molar-refractivity contribution in [2.45, 2.75) is 44.2 Å². The number of aromatic nitrogens is 2. The number of aromatic amines is 1. The number of H-pyrrole nitrogens is 1. The van der Waals surface area contributed by atoms with Gasteiger partial charge in [0.1, 0.15) is 5.65 Å². The summed E-state index contributed by atoms with van der Waals surface area (Å²) in [6.45, 7) is 6.78. The van der Waals surface area contributed by atoms with E-state index in [1.54, 1.807) is 6.20 Å². The van der Waals surface area contributed by atoms with Crippen molar-refractivity contribution in [2.24, 2.45) is 0 Å². The second-order valence-corrected chi connectivity index (χ2v) is 10.5. The molecule has 2 saturated heterocycles. The number of carbonyl (C=O) groups is 2. The third-order valence-corrected chi connectivity index (χ3v) is 7.67. The lowest BCUT2D eigenvalue weighted by Gasteiger charge is -2.39. The fourth-order valence-corrected chi connectivity index (χ4v) is 5.91. The van der Waals surface area contributed by atoms with Crippen LogP contribution in [0.5, 0.6) is 0 Å². The van der Waals surface area contributed by atoms with Crippen molar-refractivity contribution in [1.82, 2.24) is 25.1 Å². The number of rotatable bonds is 2. The minimum atomic E-state index is -0.147. The number of benzene rings is 1. The lowest BCUT2D eigenvalue weighted by atomic mass is 9.78. The van der Waals surface area contributed by atoms with Crippen LogP contribution < -0.4 is 5.32 Å². The SMILES string of the molecule is CN1CC2CCC(C1)N2C(=O)c1cnc2[nH]cc(-c3ccc4c(c3)C(C)(C)CNC4=O)c2c1. The molecule has 0 radical (unpaired) electrons. The van der Waals surface area contributed by atoms with E-state index in [1.807, 2.05) is 24.4 Å². The Balaban J connectivity index is 1.39. The molecule has 7 nitrogen and oxygen atoms in total. The predicted octanol–water partition coefficient (Wildman–Crippen LogP) is 3.17. The van der Waals surface area contributed by atoms with Crippen LogP contribution in [0.3, 0.4) is 0 Å². The number of nitrogens with one attached hydrogen (secondary N) is 2. The zero-order chi connectivity index (χ0) is 22.9. The van der Waals surface area contributed by atoms with E-state index >= 15 is 0 Å². The van der Waals surface area contributed by atoms with Gasteiger partial charge in [-0.1, -0.05) is 19.9 Å². The summed E-state index contributed by atoms with van der Waals surface area (Å²) in [7, 11) is 2.14. The molecule has 3 aromatic rings. The summed E-state index contributed by atoms with van der Waals surface area (Å²) >= 11 is 0. The number of fused-ring (bicyclic) bond motifs is 4. The number of piperazine rings is 1. The molecular weight excluding hydrogens is 414 g/mol. The van der Waals surface area contributed by atoms with Crippen molar-refractivity contribution in [2.75, 3.05) is 26.7 Å². The van der Waals surface area contributed by atoms with Gasteiger partial charge in [-0.3, -0.25) is 9.59 Å². The fourth-order valence-electron chi connectivity index (χ4n) is 5.91.